The van der Waals surface area contributed by atoms with Crippen molar-refractivity contribution >= 4 is 45.4 Å². The first-order chi connectivity index (χ1) is 16.5. The zero-order chi connectivity index (χ0) is 23.8. The molecule has 0 radical (unpaired) electrons. The van der Waals surface area contributed by atoms with Gasteiger partial charge in [-0.05, 0) is 30.5 Å². The molecular formula is C23H23N9O2. The maximum atomic E-state index is 12.3. The third-order valence-electron chi connectivity index (χ3n) is 6.37. The van der Waals surface area contributed by atoms with Gasteiger partial charge in [-0.3, -0.25) is 19.4 Å². The highest BCUT2D eigenvalue weighted by Gasteiger charge is 2.31. The molecule has 1 aliphatic rings. The zero-order valence-corrected chi connectivity index (χ0v) is 18.7. The van der Waals surface area contributed by atoms with E-state index in [1.54, 1.807) is 24.7 Å². The summed E-state index contributed by atoms with van der Waals surface area (Å²) in [6.07, 6.45) is 5.86. The Morgan fingerprint density at radius 3 is 2.74 bits per heavy atom. The van der Waals surface area contributed by atoms with Gasteiger partial charge in [0.15, 0.2) is 5.65 Å². The average molecular weight is 457 g/mol. The summed E-state index contributed by atoms with van der Waals surface area (Å²) >= 11 is 0. The van der Waals surface area contributed by atoms with E-state index < -0.39 is 11.8 Å². The standard InChI is InChI=1S/C23H23N9O2/c1-13-6-8-31(18-4-3-14(9-24)10-27-18)12-17(13)32-19-15-5-7-26-20(15)28-11-16(19)21(30-32)29-23(34)22(33)25-2/h3-5,7,10-11,13,17,30H,6,8,12H2,1-2H3,(H,25,33)(H,29,34)/t13-,17+/m1/s1. The van der Waals surface area contributed by atoms with E-state index in [9.17, 15) is 9.59 Å². The van der Waals surface area contributed by atoms with E-state index in [4.69, 9.17) is 5.26 Å². The number of piperidine rings is 1. The molecule has 5 heterocycles. The molecular weight excluding hydrogens is 434 g/mol. The van der Waals surface area contributed by atoms with Crippen LogP contribution in [-0.2, 0) is 9.59 Å². The quantitative estimate of drug-likeness (QED) is 0.399. The molecule has 2 atom stereocenters. The number of aromatic nitrogens is 5. The normalized spacial score (nSPS) is 18.1. The molecule has 172 valence electrons. The number of rotatable bonds is 3. The number of hydrogen-bond acceptors (Lipinski definition) is 7. The molecule has 5 rings (SSSR count). The van der Waals surface area contributed by atoms with Crippen molar-refractivity contribution in [2.24, 2.45) is 5.92 Å². The summed E-state index contributed by atoms with van der Waals surface area (Å²) in [5.74, 6) is 0.0264. The van der Waals surface area contributed by atoms with Crippen molar-refractivity contribution in [3.05, 3.63) is 42.4 Å². The van der Waals surface area contributed by atoms with Crippen LogP contribution in [-0.4, -0.2) is 56.7 Å². The van der Waals surface area contributed by atoms with Gasteiger partial charge in [-0.1, -0.05) is 6.92 Å². The summed E-state index contributed by atoms with van der Waals surface area (Å²) in [5, 5.41) is 19.0. The molecule has 11 heteroatoms. The Balaban J connectivity index is 1.58. The van der Waals surface area contributed by atoms with Crippen molar-refractivity contribution in [1.82, 2.24) is 30.0 Å². The number of nitrogens with one attached hydrogen (secondary N) is 3. The Morgan fingerprint density at radius 1 is 1.15 bits per heavy atom. The molecule has 0 aromatic carbocycles. The molecule has 0 bridgehead atoms. The van der Waals surface area contributed by atoms with Gasteiger partial charge in [0.2, 0.25) is 0 Å². The number of nitrogens with zero attached hydrogens (tertiary/aromatic N) is 6. The Bertz CT molecular complexity index is 1430. The first kappa shape index (κ1) is 21.4. The van der Waals surface area contributed by atoms with E-state index in [0.717, 1.165) is 29.7 Å². The minimum absolute atomic E-state index is 0.0137. The van der Waals surface area contributed by atoms with Crippen LogP contribution in [0.15, 0.2) is 36.8 Å². The minimum Gasteiger partial charge on any atom is -0.354 e. The summed E-state index contributed by atoms with van der Waals surface area (Å²) < 4.78 is 2.04. The Morgan fingerprint density at radius 2 is 2.00 bits per heavy atom. The lowest BCUT2D eigenvalue weighted by Gasteiger charge is -2.38. The molecule has 0 saturated carbocycles. The molecule has 2 amide bonds. The van der Waals surface area contributed by atoms with Crippen LogP contribution in [0.25, 0.3) is 21.9 Å². The van der Waals surface area contributed by atoms with Crippen LogP contribution in [0, 0.1) is 17.2 Å². The lowest BCUT2D eigenvalue weighted by molar-refractivity contribution is -0.135. The summed E-state index contributed by atoms with van der Waals surface area (Å²) in [5.41, 5.74) is 1.99. The number of pyridine rings is 2. The zero-order valence-electron chi connectivity index (χ0n) is 18.7. The van der Waals surface area contributed by atoms with Gasteiger partial charge in [0, 0.05) is 44.1 Å². The lowest BCUT2D eigenvalue weighted by Crippen LogP contribution is -2.41. The highest BCUT2D eigenvalue weighted by Crippen LogP contribution is 2.36. The van der Waals surface area contributed by atoms with E-state index in [1.165, 1.54) is 7.05 Å². The van der Waals surface area contributed by atoms with Gasteiger partial charge in [0.05, 0.1) is 22.5 Å². The SMILES string of the molecule is CNC(=O)C(=O)Nc1[nH]n([C@H]2CN(c3ccc(C#N)cn3)CC[C@H]2C)c2c1cnc1nccc12. The number of likely N-dealkylation sites (N-methyl/N-ethyl adjacent to an activating group) is 1. The summed E-state index contributed by atoms with van der Waals surface area (Å²) in [6, 6.07) is 7.64. The van der Waals surface area contributed by atoms with Crippen molar-refractivity contribution in [3.8, 4) is 6.07 Å². The first-order valence-corrected chi connectivity index (χ1v) is 11.0. The van der Waals surface area contributed by atoms with Crippen molar-refractivity contribution in [1.29, 1.82) is 5.26 Å². The topological polar surface area (TPSA) is 145 Å². The third kappa shape index (κ3) is 3.59. The average Bonchev–Trinajstić information content (AvgIpc) is 3.48. The molecule has 34 heavy (non-hydrogen) atoms. The van der Waals surface area contributed by atoms with E-state index in [1.807, 2.05) is 16.8 Å². The summed E-state index contributed by atoms with van der Waals surface area (Å²) in [6.45, 7) is 3.70. The van der Waals surface area contributed by atoms with Crippen LogP contribution < -0.4 is 15.5 Å². The number of carbonyl (C=O) groups excluding carboxylic acids is 2. The van der Waals surface area contributed by atoms with E-state index in [2.05, 4.69) is 48.6 Å². The molecule has 4 aromatic rings. The Kier molecular flexibility index (Phi) is 5.33. The maximum Gasteiger partial charge on any atom is 0.314 e. The van der Waals surface area contributed by atoms with Crippen LogP contribution >= 0.6 is 0 Å². The fraction of sp³-hybridized carbons (Fsp3) is 0.304. The molecule has 4 aromatic heterocycles. The summed E-state index contributed by atoms with van der Waals surface area (Å²) in [7, 11) is 1.41. The third-order valence-corrected chi connectivity index (χ3v) is 6.37. The molecule has 1 fully saturated rings. The maximum absolute atomic E-state index is 12.3. The minimum atomic E-state index is -0.765. The second kappa shape index (κ2) is 8.47. The number of nitriles is 1. The molecule has 3 N–H and O–H groups in total. The van der Waals surface area contributed by atoms with E-state index >= 15 is 0 Å². The van der Waals surface area contributed by atoms with Crippen LogP contribution in [0.2, 0.25) is 0 Å². The number of aromatic amines is 1. The molecule has 1 aliphatic heterocycles. The monoisotopic (exact) mass is 457 g/mol. The largest absolute Gasteiger partial charge is 0.354 e. The number of H-pyrrole nitrogens is 1. The highest BCUT2D eigenvalue weighted by atomic mass is 16.2. The molecule has 0 aliphatic carbocycles. The number of amides is 2. The van der Waals surface area contributed by atoms with Gasteiger partial charge in [0.1, 0.15) is 17.7 Å². The second-order valence-electron chi connectivity index (χ2n) is 8.39. The fourth-order valence-corrected chi connectivity index (χ4v) is 4.49. The highest BCUT2D eigenvalue weighted by molar-refractivity contribution is 6.40. The molecule has 0 unspecified atom stereocenters. The molecule has 1 saturated heterocycles. The van der Waals surface area contributed by atoms with E-state index in [0.29, 0.717) is 34.9 Å². The number of carbonyl (C=O) groups is 2. The Hall–Kier alpha value is -4.46. The lowest BCUT2D eigenvalue weighted by atomic mass is 9.93. The summed E-state index contributed by atoms with van der Waals surface area (Å²) in [4.78, 5) is 39.5. The van der Waals surface area contributed by atoms with Crippen LogP contribution in [0.1, 0.15) is 24.9 Å². The van der Waals surface area contributed by atoms with E-state index in [-0.39, 0.29) is 6.04 Å². The molecule has 11 nitrogen and oxygen atoms in total. The number of fused-ring (bicyclic) bond motifs is 3. The number of hydrogen-bond donors (Lipinski definition) is 3. The van der Waals surface area contributed by atoms with Crippen molar-refractivity contribution in [3.63, 3.8) is 0 Å². The predicted molar refractivity (Wildman–Crippen MR) is 126 cm³/mol. The second-order valence-corrected chi connectivity index (χ2v) is 8.39. The smallest absolute Gasteiger partial charge is 0.314 e. The number of anilines is 2. The van der Waals surface area contributed by atoms with Crippen molar-refractivity contribution < 1.29 is 9.59 Å². The van der Waals surface area contributed by atoms with Crippen LogP contribution in [0.4, 0.5) is 11.6 Å². The van der Waals surface area contributed by atoms with Gasteiger partial charge in [-0.25, -0.2) is 15.0 Å². The van der Waals surface area contributed by atoms with Crippen molar-refractivity contribution in [2.45, 2.75) is 19.4 Å². The van der Waals surface area contributed by atoms with Gasteiger partial charge in [0.25, 0.3) is 0 Å². The van der Waals surface area contributed by atoms with Gasteiger partial charge < -0.3 is 15.5 Å². The predicted octanol–water partition coefficient (Wildman–Crippen LogP) is 1.95. The van der Waals surface area contributed by atoms with Crippen LogP contribution in [0.3, 0.4) is 0 Å². The first-order valence-electron chi connectivity index (χ1n) is 11.0. The van der Waals surface area contributed by atoms with Gasteiger partial charge in [-0.15, -0.1) is 0 Å². The van der Waals surface area contributed by atoms with Gasteiger partial charge in [-0.2, -0.15) is 5.26 Å². The molecule has 0 spiro atoms. The van der Waals surface area contributed by atoms with Crippen molar-refractivity contribution in [2.75, 3.05) is 30.4 Å². The fourth-order valence-electron chi connectivity index (χ4n) is 4.49. The van der Waals surface area contributed by atoms with Gasteiger partial charge >= 0.3 is 11.8 Å². The Labute approximate surface area is 194 Å². The van der Waals surface area contributed by atoms with Crippen LogP contribution in [0.5, 0.6) is 0 Å².